The number of hydrogen-bond donors (Lipinski definition) is 0. The second-order valence-electron chi connectivity index (χ2n) is 7.09. The molecule has 0 N–H and O–H groups in total. The summed E-state index contributed by atoms with van der Waals surface area (Å²) in [6.45, 7) is 5.91. The molecule has 0 aliphatic carbocycles. The predicted molar refractivity (Wildman–Crippen MR) is 97.0 cm³/mol. The standard InChI is InChI=1S/C20H27N3O2/c1-16-12-19(25-21-16)13-20(24)22(2)14-18-8-10-23(11-9-18)15-17-6-4-3-5-7-17/h3-7,12,18H,8-11,13-15H2,1-2H3. The highest BCUT2D eigenvalue weighted by Gasteiger charge is 2.22. The number of likely N-dealkylation sites (tertiary alicyclic amines) is 1. The molecule has 134 valence electrons. The Balaban J connectivity index is 1.41. The first kappa shape index (κ1) is 17.7. The van der Waals surface area contributed by atoms with Gasteiger partial charge in [0.25, 0.3) is 0 Å². The molecule has 2 heterocycles. The van der Waals surface area contributed by atoms with Crippen LogP contribution in [0, 0.1) is 12.8 Å². The molecule has 0 atom stereocenters. The van der Waals surface area contributed by atoms with Crippen molar-refractivity contribution >= 4 is 5.91 Å². The summed E-state index contributed by atoms with van der Waals surface area (Å²) in [6, 6.07) is 12.4. The van der Waals surface area contributed by atoms with Gasteiger partial charge in [-0.15, -0.1) is 0 Å². The summed E-state index contributed by atoms with van der Waals surface area (Å²) in [6.07, 6.45) is 2.59. The number of carbonyl (C=O) groups is 1. The molecule has 1 aromatic heterocycles. The summed E-state index contributed by atoms with van der Waals surface area (Å²) in [7, 11) is 1.89. The number of carbonyl (C=O) groups excluding carboxylic acids is 1. The molecule has 0 spiro atoms. The van der Waals surface area contributed by atoms with E-state index in [0.29, 0.717) is 18.1 Å². The zero-order valence-corrected chi connectivity index (χ0v) is 15.1. The van der Waals surface area contributed by atoms with Gasteiger partial charge < -0.3 is 9.42 Å². The first-order chi connectivity index (χ1) is 12.1. The first-order valence-electron chi connectivity index (χ1n) is 9.02. The molecular formula is C20H27N3O2. The zero-order chi connectivity index (χ0) is 17.6. The lowest BCUT2D eigenvalue weighted by Gasteiger charge is -2.33. The number of aromatic nitrogens is 1. The van der Waals surface area contributed by atoms with Crippen molar-refractivity contribution in [2.24, 2.45) is 5.92 Å². The molecule has 25 heavy (non-hydrogen) atoms. The summed E-state index contributed by atoms with van der Waals surface area (Å²) in [4.78, 5) is 16.7. The smallest absolute Gasteiger partial charge is 0.230 e. The van der Waals surface area contributed by atoms with Gasteiger partial charge in [0.15, 0.2) is 0 Å². The van der Waals surface area contributed by atoms with Gasteiger partial charge in [-0.3, -0.25) is 9.69 Å². The summed E-state index contributed by atoms with van der Waals surface area (Å²) in [5.41, 5.74) is 2.19. The number of hydrogen-bond acceptors (Lipinski definition) is 4. The van der Waals surface area contributed by atoms with Gasteiger partial charge in [0.2, 0.25) is 5.91 Å². The van der Waals surface area contributed by atoms with E-state index in [2.05, 4.69) is 40.4 Å². The molecule has 3 rings (SSSR count). The molecule has 1 amide bonds. The van der Waals surface area contributed by atoms with Gasteiger partial charge in [-0.1, -0.05) is 35.5 Å². The minimum atomic E-state index is 0.0999. The molecule has 5 nitrogen and oxygen atoms in total. The molecule has 0 radical (unpaired) electrons. The second-order valence-corrected chi connectivity index (χ2v) is 7.09. The monoisotopic (exact) mass is 341 g/mol. The van der Waals surface area contributed by atoms with Crippen molar-refractivity contribution in [3.8, 4) is 0 Å². The average Bonchev–Trinajstić information content (AvgIpc) is 3.02. The van der Waals surface area contributed by atoms with E-state index in [-0.39, 0.29) is 5.91 Å². The number of nitrogens with zero attached hydrogens (tertiary/aromatic N) is 3. The maximum atomic E-state index is 12.3. The van der Waals surface area contributed by atoms with E-state index < -0.39 is 0 Å². The number of likely N-dealkylation sites (N-methyl/N-ethyl adjacent to an activating group) is 1. The molecule has 5 heteroatoms. The van der Waals surface area contributed by atoms with Crippen LogP contribution < -0.4 is 0 Å². The van der Waals surface area contributed by atoms with Crippen LogP contribution in [0.25, 0.3) is 0 Å². The Labute approximate surface area is 149 Å². The average molecular weight is 341 g/mol. The maximum absolute atomic E-state index is 12.3. The molecule has 0 unspecified atom stereocenters. The fourth-order valence-electron chi connectivity index (χ4n) is 3.44. The van der Waals surface area contributed by atoms with Crippen molar-refractivity contribution in [2.75, 3.05) is 26.7 Å². The fraction of sp³-hybridized carbons (Fsp3) is 0.500. The Hall–Kier alpha value is -2.14. The zero-order valence-electron chi connectivity index (χ0n) is 15.1. The lowest BCUT2D eigenvalue weighted by atomic mass is 9.96. The summed E-state index contributed by atoms with van der Waals surface area (Å²) in [5, 5.41) is 3.84. The Kier molecular flexibility index (Phi) is 5.87. The van der Waals surface area contributed by atoms with Crippen LogP contribution in [-0.4, -0.2) is 47.5 Å². The van der Waals surface area contributed by atoms with Crippen LogP contribution in [0.5, 0.6) is 0 Å². The van der Waals surface area contributed by atoms with E-state index in [4.69, 9.17) is 4.52 Å². The number of benzene rings is 1. The quantitative estimate of drug-likeness (QED) is 0.811. The molecular weight excluding hydrogens is 314 g/mol. The third-order valence-electron chi connectivity index (χ3n) is 4.92. The van der Waals surface area contributed by atoms with E-state index in [0.717, 1.165) is 44.7 Å². The minimum Gasteiger partial charge on any atom is -0.361 e. The predicted octanol–water partition coefficient (Wildman–Crippen LogP) is 2.90. The van der Waals surface area contributed by atoms with Gasteiger partial charge in [-0.05, 0) is 44.3 Å². The molecule has 0 bridgehead atoms. The van der Waals surface area contributed by atoms with Crippen molar-refractivity contribution in [2.45, 2.75) is 32.7 Å². The molecule has 1 aliphatic rings. The van der Waals surface area contributed by atoms with Gasteiger partial charge in [-0.25, -0.2) is 0 Å². The third-order valence-corrected chi connectivity index (χ3v) is 4.92. The highest BCUT2D eigenvalue weighted by atomic mass is 16.5. The van der Waals surface area contributed by atoms with Gasteiger partial charge >= 0.3 is 0 Å². The van der Waals surface area contributed by atoms with Crippen LogP contribution in [0.3, 0.4) is 0 Å². The largest absolute Gasteiger partial charge is 0.361 e. The van der Waals surface area contributed by atoms with Crippen LogP contribution in [0.1, 0.15) is 29.9 Å². The van der Waals surface area contributed by atoms with E-state index in [9.17, 15) is 4.79 Å². The lowest BCUT2D eigenvalue weighted by molar-refractivity contribution is -0.130. The topological polar surface area (TPSA) is 49.6 Å². The Morgan fingerprint density at radius 1 is 1.28 bits per heavy atom. The molecule has 1 aliphatic heterocycles. The number of amides is 1. The second kappa shape index (κ2) is 8.30. The number of piperidine rings is 1. The van der Waals surface area contributed by atoms with E-state index in [1.165, 1.54) is 5.56 Å². The normalized spacial score (nSPS) is 16.1. The third kappa shape index (κ3) is 5.16. The van der Waals surface area contributed by atoms with Crippen molar-refractivity contribution in [3.63, 3.8) is 0 Å². The molecule has 0 saturated carbocycles. The van der Waals surface area contributed by atoms with Gasteiger partial charge in [0.05, 0.1) is 12.1 Å². The number of rotatable bonds is 6. The van der Waals surface area contributed by atoms with E-state index >= 15 is 0 Å². The van der Waals surface area contributed by atoms with Gasteiger partial charge in [-0.2, -0.15) is 0 Å². The summed E-state index contributed by atoms with van der Waals surface area (Å²) >= 11 is 0. The van der Waals surface area contributed by atoms with Crippen LogP contribution >= 0.6 is 0 Å². The SMILES string of the molecule is Cc1cc(CC(=O)N(C)CC2CCN(Cc3ccccc3)CC2)on1. The van der Waals surface area contributed by atoms with Crippen molar-refractivity contribution in [3.05, 3.63) is 53.4 Å². The van der Waals surface area contributed by atoms with Crippen molar-refractivity contribution < 1.29 is 9.32 Å². The highest BCUT2D eigenvalue weighted by Crippen LogP contribution is 2.20. The van der Waals surface area contributed by atoms with Crippen molar-refractivity contribution in [1.82, 2.24) is 15.0 Å². The van der Waals surface area contributed by atoms with E-state index in [1.807, 2.05) is 24.9 Å². The molecule has 1 saturated heterocycles. The van der Waals surface area contributed by atoms with Crippen molar-refractivity contribution in [1.29, 1.82) is 0 Å². The van der Waals surface area contributed by atoms with Gasteiger partial charge in [0.1, 0.15) is 5.76 Å². The van der Waals surface area contributed by atoms with Gasteiger partial charge in [0, 0.05) is 26.2 Å². The molecule has 1 aromatic carbocycles. The van der Waals surface area contributed by atoms with Crippen LogP contribution in [0.4, 0.5) is 0 Å². The number of aryl methyl sites for hydroxylation is 1. The van der Waals surface area contributed by atoms with E-state index in [1.54, 1.807) is 0 Å². The summed E-state index contributed by atoms with van der Waals surface area (Å²) in [5.74, 6) is 1.33. The highest BCUT2D eigenvalue weighted by molar-refractivity contribution is 5.77. The van der Waals surface area contributed by atoms with Crippen LogP contribution in [-0.2, 0) is 17.8 Å². The maximum Gasteiger partial charge on any atom is 0.230 e. The minimum absolute atomic E-state index is 0.0999. The first-order valence-corrected chi connectivity index (χ1v) is 9.02. The van der Waals surface area contributed by atoms with Crippen LogP contribution in [0.15, 0.2) is 40.9 Å². The molecule has 2 aromatic rings. The van der Waals surface area contributed by atoms with Crippen LogP contribution in [0.2, 0.25) is 0 Å². The Morgan fingerprint density at radius 2 is 2.00 bits per heavy atom. The molecule has 1 fully saturated rings. The fourth-order valence-corrected chi connectivity index (χ4v) is 3.44. The lowest BCUT2D eigenvalue weighted by Crippen LogP contribution is -2.39. The Bertz CT molecular complexity index is 675. The summed E-state index contributed by atoms with van der Waals surface area (Å²) < 4.78 is 5.14. The Morgan fingerprint density at radius 3 is 2.64 bits per heavy atom.